The van der Waals surface area contributed by atoms with E-state index in [2.05, 4.69) is 32.2 Å². The second-order valence-electron chi connectivity index (χ2n) is 1.67. The van der Waals surface area contributed by atoms with Crippen molar-refractivity contribution in [1.82, 2.24) is 0 Å². The summed E-state index contributed by atoms with van der Waals surface area (Å²) in [5.41, 5.74) is 0. The third-order valence-corrected chi connectivity index (χ3v) is 1.07. The van der Waals surface area contributed by atoms with Gasteiger partial charge in [0.15, 0.2) is 0 Å². The molecule has 45 valence electrons. The lowest BCUT2D eigenvalue weighted by Crippen LogP contribution is -1.50. The summed E-state index contributed by atoms with van der Waals surface area (Å²) in [4.78, 5) is 0. The first kappa shape index (κ1) is 9.73. The zero-order chi connectivity index (χ0) is 6.24. The van der Waals surface area contributed by atoms with Crippen LogP contribution in [0.25, 0.3) is 0 Å². The van der Waals surface area contributed by atoms with E-state index in [4.69, 9.17) is 0 Å². The molecule has 0 saturated heterocycles. The van der Waals surface area contributed by atoms with Gasteiger partial charge in [0.1, 0.15) is 0 Å². The van der Waals surface area contributed by atoms with Gasteiger partial charge in [-0.3, -0.25) is 25.8 Å². The Morgan fingerprint density at radius 2 is 1.50 bits per heavy atom. The van der Waals surface area contributed by atoms with E-state index >= 15 is 0 Å². The summed E-state index contributed by atoms with van der Waals surface area (Å²) in [6.07, 6.45) is 8.00. The predicted molar refractivity (Wildman–Crippen MR) is 46.4 cm³/mol. The molecule has 1 fully saturated rings. The third kappa shape index (κ3) is 7.73. The van der Waals surface area contributed by atoms with Crippen molar-refractivity contribution in [2.24, 2.45) is 0 Å². The van der Waals surface area contributed by atoms with E-state index in [0.717, 1.165) is 0 Å². The first-order chi connectivity index (χ1) is 3.91. The smallest absolute Gasteiger partial charge is 0.280 e. The number of hydrogen-bond acceptors (Lipinski definition) is 0. The molecule has 0 aromatic carbocycles. The summed E-state index contributed by atoms with van der Waals surface area (Å²) in [6, 6.07) is 0. The molecule has 1 saturated carbocycles. The number of hydrogen-bond donors (Lipinski definition) is 0. The van der Waals surface area contributed by atoms with Gasteiger partial charge in [-0.05, 0) is 6.42 Å². The Morgan fingerprint density at radius 1 is 1.12 bits per heavy atom. The molecule has 0 amide bonds. The maximum absolute atomic E-state index is 3.20. The Labute approximate surface area is 73.3 Å². The third-order valence-electron chi connectivity index (χ3n) is 1.07. The van der Waals surface area contributed by atoms with E-state index in [-0.39, 0.29) is 16.0 Å². The maximum Gasteiger partial charge on any atom is 0.560 e. The average molecular weight is 253 g/mol. The van der Waals surface area contributed by atoms with E-state index in [9.17, 15) is 0 Å². The monoisotopic (exact) mass is 251 g/mol. The van der Waals surface area contributed by atoms with Gasteiger partial charge in [-0.1, -0.05) is 25.7 Å². The van der Waals surface area contributed by atoms with E-state index in [1.54, 1.807) is 0 Å². The van der Waals surface area contributed by atoms with Gasteiger partial charge in [0.05, 0.1) is 0 Å². The van der Waals surface area contributed by atoms with Crippen LogP contribution in [0.5, 0.6) is 0 Å². The topological polar surface area (TPSA) is 0 Å². The molecule has 0 aromatic rings. The van der Waals surface area contributed by atoms with Crippen molar-refractivity contribution in [3.05, 3.63) is 6.42 Å². The molecule has 0 N–H and O–H groups in total. The van der Waals surface area contributed by atoms with Gasteiger partial charge < -0.3 is 0 Å². The van der Waals surface area contributed by atoms with Crippen LogP contribution < -0.4 is 0 Å². The summed E-state index contributed by atoms with van der Waals surface area (Å²) in [5.74, 6) is 0. The van der Waals surface area contributed by atoms with Crippen molar-refractivity contribution in [3.8, 4) is 0 Å². The van der Waals surface area contributed by atoms with Crippen LogP contribution in [-0.4, -0.2) is 16.0 Å². The summed E-state index contributed by atoms with van der Waals surface area (Å²) >= 11 is 6.44. The predicted octanol–water partition coefficient (Wildman–Crippen LogP) is 3.08. The molecule has 1 rings (SSSR count). The molecule has 0 unspecified atom stereocenters. The molecule has 0 nitrogen and oxygen atoms in total. The molecule has 0 bridgehead atoms. The fourth-order valence-corrected chi connectivity index (χ4v) is 0.722. The zero-order valence-electron chi connectivity index (χ0n) is 4.87. The van der Waals surface area contributed by atoms with Crippen molar-refractivity contribution in [2.75, 3.05) is 0 Å². The lowest BCUT2D eigenvalue weighted by Gasteiger charge is -1.67. The van der Waals surface area contributed by atoms with E-state index < -0.39 is 0 Å². The van der Waals surface area contributed by atoms with Crippen molar-refractivity contribution in [3.63, 3.8) is 0 Å². The molecule has 8 heavy (non-hydrogen) atoms. The Hall–Kier alpha value is 1.73. The number of rotatable bonds is 0. The highest BCUT2D eigenvalue weighted by Crippen LogP contribution is 2.13. The highest BCUT2D eigenvalue weighted by molar-refractivity contribution is 9.47. The molecular weight excluding hydrogens is 244 g/mol. The first-order valence-electron chi connectivity index (χ1n) is 2.85. The van der Waals surface area contributed by atoms with Gasteiger partial charge in [0, 0.05) is 0 Å². The van der Waals surface area contributed by atoms with Gasteiger partial charge in [0.25, 0.3) is 0 Å². The van der Waals surface area contributed by atoms with Crippen molar-refractivity contribution < 1.29 is 0 Å². The SMILES string of the molecule is [Br][Mg][Br].[CH]1CCCC1. The van der Waals surface area contributed by atoms with Crippen LogP contribution >= 0.6 is 25.8 Å². The fourth-order valence-electron chi connectivity index (χ4n) is 0.722. The van der Waals surface area contributed by atoms with Crippen LogP contribution in [0.2, 0.25) is 0 Å². The normalized spacial score (nSPS) is 16.2. The molecule has 0 aliphatic heterocycles. The van der Waals surface area contributed by atoms with E-state index in [0.29, 0.717) is 0 Å². The van der Waals surface area contributed by atoms with Crippen LogP contribution in [0.4, 0.5) is 0 Å². The summed E-state index contributed by atoms with van der Waals surface area (Å²) in [5, 5.41) is 0. The second kappa shape index (κ2) is 8.73. The Kier molecular flexibility index (Phi) is 10.6. The molecule has 1 aliphatic carbocycles. The van der Waals surface area contributed by atoms with Crippen LogP contribution in [0, 0.1) is 6.42 Å². The fraction of sp³-hybridized carbons (Fsp3) is 0.800. The Bertz CT molecular complexity index is 29.8. The van der Waals surface area contributed by atoms with Gasteiger partial charge in [-0.2, -0.15) is 0 Å². The Morgan fingerprint density at radius 3 is 1.62 bits per heavy atom. The molecule has 3 heteroatoms. The second-order valence-corrected chi connectivity index (χ2v) is 9.76. The van der Waals surface area contributed by atoms with Gasteiger partial charge in [-0.15, -0.1) is 0 Å². The molecule has 0 heterocycles. The highest BCUT2D eigenvalue weighted by Gasteiger charge is 1.95. The summed E-state index contributed by atoms with van der Waals surface area (Å²) < 4.78 is 0. The average Bonchev–Trinajstić information content (AvgIpc) is 2.17. The number of halogens is 2. The summed E-state index contributed by atoms with van der Waals surface area (Å²) in [6.45, 7) is 0. The van der Waals surface area contributed by atoms with Crippen molar-refractivity contribution in [2.45, 2.75) is 25.7 Å². The van der Waals surface area contributed by atoms with Crippen LogP contribution in [0.1, 0.15) is 25.7 Å². The molecule has 1 aliphatic rings. The van der Waals surface area contributed by atoms with Gasteiger partial charge >= 0.3 is 16.0 Å². The largest absolute Gasteiger partial charge is 0.560 e. The quantitative estimate of drug-likeness (QED) is 0.582. The minimum absolute atomic E-state index is 0.0417. The molecule has 0 atom stereocenters. The van der Waals surface area contributed by atoms with Crippen molar-refractivity contribution >= 4 is 41.8 Å². The lowest BCUT2D eigenvalue weighted by atomic mass is 10.4. The molecule has 0 aromatic heterocycles. The molecule has 1 radical (unpaired) electrons. The highest BCUT2D eigenvalue weighted by atomic mass is 79.9. The van der Waals surface area contributed by atoms with Crippen LogP contribution in [-0.2, 0) is 0 Å². The minimum Gasteiger partial charge on any atom is -0.280 e. The van der Waals surface area contributed by atoms with E-state index in [1.165, 1.54) is 25.7 Å². The first-order valence-corrected chi connectivity index (χ1v) is 10.6. The van der Waals surface area contributed by atoms with E-state index in [1.807, 2.05) is 0 Å². The standard InChI is InChI=1S/C5H9.2BrH.Mg/c1-2-4-5-3-1;;;/h1H,2-5H2;2*1H;/q;;;+2/p-2. The van der Waals surface area contributed by atoms with Gasteiger partial charge in [0.2, 0.25) is 0 Å². The summed E-state index contributed by atoms with van der Waals surface area (Å²) in [7, 11) is 0. The molecular formula is C5H9Br2Mg. The Balaban J connectivity index is 0.000000145. The lowest BCUT2D eigenvalue weighted by molar-refractivity contribution is 0.886. The van der Waals surface area contributed by atoms with Crippen LogP contribution in [0.15, 0.2) is 0 Å². The van der Waals surface area contributed by atoms with Gasteiger partial charge in [-0.25, -0.2) is 0 Å². The van der Waals surface area contributed by atoms with Crippen molar-refractivity contribution in [1.29, 1.82) is 0 Å². The molecule has 0 spiro atoms. The minimum atomic E-state index is 0.0417. The zero-order valence-corrected chi connectivity index (χ0v) is 9.46. The van der Waals surface area contributed by atoms with Crippen LogP contribution in [0.3, 0.4) is 0 Å². The maximum atomic E-state index is 3.20.